The van der Waals surface area contributed by atoms with Gasteiger partial charge in [-0.15, -0.1) is 0 Å². The van der Waals surface area contributed by atoms with Crippen LogP contribution in [0.25, 0.3) is 66.1 Å². The highest BCUT2D eigenvalue weighted by Gasteiger charge is 2.50. The fraction of sp³-hybridized carbons (Fsp3) is 0.0769. The summed E-state index contributed by atoms with van der Waals surface area (Å²) in [5.41, 5.74) is 9.57. The average Bonchev–Trinajstić information content (AvgIpc) is 3.75. The van der Waals surface area contributed by atoms with Crippen molar-refractivity contribution >= 4 is 67.2 Å². The molecular weight excluding hydrogens is 681 g/mol. The van der Waals surface area contributed by atoms with Crippen LogP contribution in [0.1, 0.15) is 20.8 Å². The molecule has 0 saturated carbocycles. The Morgan fingerprint density at radius 3 is 1.58 bits per heavy atom. The minimum absolute atomic E-state index is 0.0522. The van der Waals surface area contributed by atoms with Gasteiger partial charge in [0, 0.05) is 27.2 Å². The van der Waals surface area contributed by atoms with Crippen molar-refractivity contribution in [2.75, 3.05) is 0 Å². The molecule has 2 heterocycles. The second-order valence-corrected chi connectivity index (χ2v) is 20.4. The van der Waals surface area contributed by atoms with Crippen molar-refractivity contribution in [2.45, 2.75) is 25.8 Å². The predicted molar refractivity (Wildman–Crippen MR) is 238 cm³/mol. The van der Waals surface area contributed by atoms with Gasteiger partial charge in [-0.05, 0) is 68.1 Å². The van der Waals surface area contributed by atoms with Crippen LogP contribution in [0.4, 0.5) is 0 Å². The molecule has 2 nitrogen and oxygen atoms in total. The van der Waals surface area contributed by atoms with E-state index < -0.39 is 8.07 Å². The summed E-state index contributed by atoms with van der Waals surface area (Å²) in [4.78, 5) is 0. The first-order chi connectivity index (χ1) is 27.0. The molecule has 0 aliphatic heterocycles. The summed E-state index contributed by atoms with van der Waals surface area (Å²) in [6, 6.07) is 74.3. The molecule has 0 amide bonds. The second-order valence-electron chi connectivity index (χ2n) is 15.7. The first-order valence-electron chi connectivity index (χ1n) is 19.3. The highest BCUT2D eigenvalue weighted by molar-refractivity contribution is 7.14. The van der Waals surface area contributed by atoms with E-state index in [2.05, 4.69) is 230 Å². The van der Waals surface area contributed by atoms with E-state index in [-0.39, 0.29) is 5.04 Å². The van der Waals surface area contributed by atoms with Crippen molar-refractivity contribution in [3.63, 3.8) is 0 Å². The number of para-hydroxylation sites is 3. The van der Waals surface area contributed by atoms with Gasteiger partial charge in [-0.2, -0.15) is 0 Å². The topological polar surface area (TPSA) is 9.86 Å². The Morgan fingerprint density at radius 1 is 0.400 bits per heavy atom. The highest BCUT2D eigenvalue weighted by atomic mass is 28.3. The van der Waals surface area contributed by atoms with Crippen LogP contribution in [-0.4, -0.2) is 17.2 Å². The van der Waals surface area contributed by atoms with Crippen molar-refractivity contribution in [3.05, 3.63) is 200 Å². The van der Waals surface area contributed by atoms with E-state index in [0.717, 1.165) is 5.69 Å². The van der Waals surface area contributed by atoms with Gasteiger partial charge in [-0.1, -0.05) is 185 Å². The maximum absolute atomic E-state index is 2.70. The lowest BCUT2D eigenvalue weighted by molar-refractivity contribution is 0.740. The zero-order chi connectivity index (χ0) is 37.1. The zero-order valence-corrected chi connectivity index (χ0v) is 32.4. The Morgan fingerprint density at radius 2 is 0.909 bits per heavy atom. The smallest absolute Gasteiger partial charge is 0.154 e. The first kappa shape index (κ1) is 33.2. The molecule has 0 saturated heterocycles. The van der Waals surface area contributed by atoms with Crippen LogP contribution in [0.15, 0.2) is 200 Å². The van der Waals surface area contributed by atoms with Gasteiger partial charge in [-0.25, -0.2) is 0 Å². The lowest BCUT2D eigenvalue weighted by atomic mass is 10.1. The Hall–Kier alpha value is -6.42. The quantitative estimate of drug-likeness (QED) is 0.119. The number of rotatable bonds is 6. The van der Waals surface area contributed by atoms with Crippen LogP contribution in [0, 0.1) is 0 Å². The summed E-state index contributed by atoms with van der Waals surface area (Å²) in [5, 5.41) is 9.38. The summed E-state index contributed by atoms with van der Waals surface area (Å²) >= 11 is 0. The molecule has 0 N–H and O–H groups in total. The molecule has 10 rings (SSSR count). The third kappa shape index (κ3) is 5.00. The van der Waals surface area contributed by atoms with Crippen molar-refractivity contribution in [1.29, 1.82) is 0 Å². The van der Waals surface area contributed by atoms with Gasteiger partial charge in [-0.3, -0.25) is 0 Å². The van der Waals surface area contributed by atoms with Crippen LogP contribution in [-0.2, 0) is 0 Å². The number of nitrogens with zero attached hydrogens (tertiary/aromatic N) is 2. The van der Waals surface area contributed by atoms with Gasteiger partial charge in [0.1, 0.15) is 0 Å². The van der Waals surface area contributed by atoms with Gasteiger partial charge in [0.15, 0.2) is 8.07 Å². The molecule has 0 unspecified atom stereocenters. The van der Waals surface area contributed by atoms with Gasteiger partial charge in [0.25, 0.3) is 0 Å². The molecule has 55 heavy (non-hydrogen) atoms. The Bertz CT molecular complexity index is 2960. The minimum atomic E-state index is -2.70. The average molecular weight is 723 g/mol. The van der Waals surface area contributed by atoms with E-state index in [4.69, 9.17) is 0 Å². The molecule has 8 aromatic carbocycles. The zero-order valence-electron chi connectivity index (χ0n) is 31.4. The molecular formula is C52H42N2Si. The first-order valence-corrected chi connectivity index (χ1v) is 21.3. The molecule has 0 radical (unpaired) electrons. The van der Waals surface area contributed by atoms with Gasteiger partial charge < -0.3 is 9.13 Å². The number of aromatic nitrogens is 2. The van der Waals surface area contributed by atoms with Crippen LogP contribution >= 0.6 is 0 Å². The van der Waals surface area contributed by atoms with Crippen molar-refractivity contribution in [2.24, 2.45) is 0 Å². The summed E-state index contributed by atoms with van der Waals surface area (Å²) in [6.07, 6.45) is 0. The second kappa shape index (κ2) is 12.9. The summed E-state index contributed by atoms with van der Waals surface area (Å²) in [6.45, 7) is 7.37. The summed E-state index contributed by atoms with van der Waals surface area (Å²) < 4.78 is 5.03. The Labute approximate surface area is 323 Å². The Balaban J connectivity index is 1.34. The number of benzene rings is 8. The molecule has 10 aromatic rings. The number of fused-ring (bicyclic) bond motifs is 6. The van der Waals surface area contributed by atoms with E-state index in [1.54, 1.807) is 0 Å². The maximum Gasteiger partial charge on any atom is 0.154 e. The van der Waals surface area contributed by atoms with Crippen molar-refractivity contribution in [3.8, 4) is 22.5 Å². The molecule has 3 heteroatoms. The SMILES string of the molecule is CC(C)(C)[Si](c1ccccc1)(c1ccccc1)c1cccc2c1c1ccccc1n2-c1cccc2c3ccccc3n(-c3cccc(-c4ccccc4)c3)c12. The molecule has 0 bridgehead atoms. The summed E-state index contributed by atoms with van der Waals surface area (Å²) in [5.74, 6) is 0. The van der Waals surface area contributed by atoms with Crippen molar-refractivity contribution < 1.29 is 0 Å². The number of hydrogen-bond acceptors (Lipinski definition) is 0. The summed E-state index contributed by atoms with van der Waals surface area (Å²) in [7, 11) is -2.70. The monoisotopic (exact) mass is 722 g/mol. The lowest BCUT2D eigenvalue weighted by Gasteiger charge is -2.45. The highest BCUT2D eigenvalue weighted by Crippen LogP contribution is 2.42. The molecule has 0 spiro atoms. The lowest BCUT2D eigenvalue weighted by Crippen LogP contribution is -2.72. The van der Waals surface area contributed by atoms with Crippen LogP contribution in [0.2, 0.25) is 5.04 Å². The molecule has 264 valence electrons. The van der Waals surface area contributed by atoms with Gasteiger partial charge in [0.2, 0.25) is 0 Å². The number of hydrogen-bond donors (Lipinski definition) is 0. The van der Waals surface area contributed by atoms with E-state index in [0.29, 0.717) is 0 Å². The van der Waals surface area contributed by atoms with Crippen LogP contribution in [0.5, 0.6) is 0 Å². The normalized spacial score (nSPS) is 12.3. The van der Waals surface area contributed by atoms with Crippen molar-refractivity contribution in [1.82, 2.24) is 9.13 Å². The maximum atomic E-state index is 2.55. The van der Waals surface area contributed by atoms with E-state index >= 15 is 0 Å². The van der Waals surface area contributed by atoms with E-state index in [9.17, 15) is 0 Å². The van der Waals surface area contributed by atoms with Crippen LogP contribution in [0.3, 0.4) is 0 Å². The largest absolute Gasteiger partial charge is 0.307 e. The molecule has 0 atom stereocenters. The fourth-order valence-electron chi connectivity index (χ4n) is 9.62. The standard InChI is InChI=1S/C52H42N2Si/c1-52(2,3)55(40-24-9-5-10-25-40,41-26-11-6-12-27-41)49-35-19-33-47-50(49)44-29-14-16-32-46(44)54(47)48-34-18-30-43-42-28-13-15-31-45(42)53(51(43)48)39-23-17-22-38(36-39)37-20-7-4-8-21-37/h4-36H,1-3H3. The molecule has 0 fully saturated rings. The third-order valence-corrected chi connectivity index (χ3v) is 17.6. The Kier molecular flexibility index (Phi) is 7.76. The van der Waals surface area contributed by atoms with Gasteiger partial charge in [0.05, 0.1) is 27.8 Å². The van der Waals surface area contributed by atoms with Crippen LogP contribution < -0.4 is 15.6 Å². The van der Waals surface area contributed by atoms with Gasteiger partial charge >= 0.3 is 0 Å². The minimum Gasteiger partial charge on any atom is -0.307 e. The van der Waals surface area contributed by atoms with E-state index in [1.807, 2.05) is 0 Å². The third-order valence-electron chi connectivity index (χ3n) is 11.8. The molecule has 0 aliphatic rings. The predicted octanol–water partition coefficient (Wildman–Crippen LogP) is 11.8. The fourth-order valence-corrected chi connectivity index (χ4v) is 15.5. The molecule has 0 aliphatic carbocycles. The molecule has 2 aromatic heterocycles. The van der Waals surface area contributed by atoms with E-state index in [1.165, 1.54) is 76.0 Å².